The fourth-order valence-corrected chi connectivity index (χ4v) is 3.10. The minimum absolute atomic E-state index is 0. The van der Waals surface area contributed by atoms with Gasteiger partial charge in [0.2, 0.25) is 5.89 Å². The maximum absolute atomic E-state index is 5.94. The number of piperazine rings is 1. The summed E-state index contributed by atoms with van der Waals surface area (Å²) in [6, 6.07) is 17.6. The highest BCUT2D eigenvalue weighted by molar-refractivity contribution is 5.85. The highest BCUT2D eigenvalue weighted by Crippen LogP contribution is 2.28. The molecule has 27 heavy (non-hydrogen) atoms. The number of nitrogens with one attached hydrogen (secondary N) is 1. The molecule has 4 rings (SSSR count). The van der Waals surface area contributed by atoms with Gasteiger partial charge in [-0.05, 0) is 37.3 Å². The Morgan fingerprint density at radius 2 is 1.78 bits per heavy atom. The molecule has 3 aromatic rings. The summed E-state index contributed by atoms with van der Waals surface area (Å²) in [6.45, 7) is 6.96. The Balaban J connectivity index is 0.00000210. The Morgan fingerprint density at radius 1 is 1.04 bits per heavy atom. The lowest BCUT2D eigenvalue weighted by Crippen LogP contribution is -2.43. The van der Waals surface area contributed by atoms with Crippen molar-refractivity contribution in [3.05, 3.63) is 66.1 Å². The maximum Gasteiger partial charge on any atom is 0.226 e. The molecule has 2 heterocycles. The van der Waals surface area contributed by atoms with E-state index in [2.05, 4.69) is 10.2 Å². The molecule has 0 amide bonds. The molecule has 0 spiro atoms. The lowest BCUT2D eigenvalue weighted by Gasteiger charge is -2.26. The molecule has 0 saturated carbocycles. The van der Waals surface area contributed by atoms with Crippen LogP contribution in [0.4, 0.5) is 0 Å². The molecule has 1 N–H and O–H groups in total. The molecular weight excluding hydrogens is 362 g/mol. The minimum atomic E-state index is 0. The van der Waals surface area contributed by atoms with E-state index < -0.39 is 0 Å². The second kappa shape index (κ2) is 9.04. The first-order valence-corrected chi connectivity index (χ1v) is 9.01. The first-order valence-electron chi connectivity index (χ1n) is 9.01. The Bertz CT molecular complexity index is 861. The van der Waals surface area contributed by atoms with Crippen LogP contribution >= 0.6 is 12.4 Å². The van der Waals surface area contributed by atoms with Crippen LogP contribution in [0.15, 0.2) is 59.0 Å². The number of nitrogens with zero attached hydrogens (tertiary/aromatic N) is 2. The number of para-hydroxylation sites is 1. The van der Waals surface area contributed by atoms with Crippen LogP contribution in [0.25, 0.3) is 11.5 Å². The summed E-state index contributed by atoms with van der Waals surface area (Å²) >= 11 is 0. The monoisotopic (exact) mass is 385 g/mol. The topological polar surface area (TPSA) is 50.5 Å². The van der Waals surface area contributed by atoms with Gasteiger partial charge in [0.1, 0.15) is 17.3 Å². The number of hydrogen-bond acceptors (Lipinski definition) is 5. The van der Waals surface area contributed by atoms with Gasteiger partial charge in [0.25, 0.3) is 0 Å². The molecule has 142 valence electrons. The Labute approximate surface area is 165 Å². The molecule has 0 unspecified atom stereocenters. The number of aryl methyl sites for hydroxylation is 1. The number of halogens is 1. The summed E-state index contributed by atoms with van der Waals surface area (Å²) < 4.78 is 11.9. The van der Waals surface area contributed by atoms with Crippen molar-refractivity contribution in [2.24, 2.45) is 0 Å². The second-order valence-electron chi connectivity index (χ2n) is 6.49. The Morgan fingerprint density at radius 3 is 2.56 bits per heavy atom. The van der Waals surface area contributed by atoms with Gasteiger partial charge in [0, 0.05) is 38.3 Å². The zero-order chi connectivity index (χ0) is 17.8. The van der Waals surface area contributed by atoms with Gasteiger partial charge < -0.3 is 14.5 Å². The largest absolute Gasteiger partial charge is 0.457 e. The molecule has 2 aromatic carbocycles. The van der Waals surface area contributed by atoms with Crippen molar-refractivity contribution in [1.29, 1.82) is 0 Å². The summed E-state index contributed by atoms with van der Waals surface area (Å²) in [7, 11) is 0. The van der Waals surface area contributed by atoms with Crippen LogP contribution in [0.2, 0.25) is 0 Å². The fraction of sp³-hybridized carbons (Fsp3) is 0.286. The van der Waals surface area contributed by atoms with Crippen molar-refractivity contribution in [3.8, 4) is 23.0 Å². The van der Waals surface area contributed by atoms with Gasteiger partial charge in [-0.1, -0.05) is 24.3 Å². The number of ether oxygens (including phenoxy) is 1. The number of oxazole rings is 1. The van der Waals surface area contributed by atoms with E-state index in [0.717, 1.165) is 61.2 Å². The van der Waals surface area contributed by atoms with E-state index in [-0.39, 0.29) is 12.4 Å². The molecule has 0 bridgehead atoms. The first-order chi connectivity index (χ1) is 12.8. The van der Waals surface area contributed by atoms with Crippen LogP contribution in [0.3, 0.4) is 0 Å². The van der Waals surface area contributed by atoms with Crippen LogP contribution in [0, 0.1) is 6.92 Å². The van der Waals surface area contributed by atoms with Gasteiger partial charge in [-0.2, -0.15) is 0 Å². The van der Waals surface area contributed by atoms with E-state index in [1.165, 1.54) is 0 Å². The number of benzene rings is 2. The fourth-order valence-electron chi connectivity index (χ4n) is 3.10. The van der Waals surface area contributed by atoms with Crippen molar-refractivity contribution in [1.82, 2.24) is 15.2 Å². The normalized spacial score (nSPS) is 14.6. The third-order valence-corrected chi connectivity index (χ3v) is 4.54. The van der Waals surface area contributed by atoms with Crippen molar-refractivity contribution < 1.29 is 9.15 Å². The summed E-state index contributed by atoms with van der Waals surface area (Å²) in [5, 5.41) is 3.37. The third-order valence-electron chi connectivity index (χ3n) is 4.54. The van der Waals surface area contributed by atoms with Gasteiger partial charge >= 0.3 is 0 Å². The van der Waals surface area contributed by atoms with E-state index in [1.54, 1.807) is 0 Å². The molecular formula is C21H24ClN3O2. The predicted octanol–water partition coefficient (Wildman–Crippen LogP) is 4.27. The molecule has 6 heteroatoms. The smallest absolute Gasteiger partial charge is 0.226 e. The van der Waals surface area contributed by atoms with E-state index >= 15 is 0 Å². The summed E-state index contributed by atoms with van der Waals surface area (Å²) in [5.41, 5.74) is 1.93. The lowest BCUT2D eigenvalue weighted by molar-refractivity contribution is 0.230. The molecule has 1 saturated heterocycles. The van der Waals surface area contributed by atoms with Gasteiger partial charge in [-0.15, -0.1) is 12.4 Å². The van der Waals surface area contributed by atoms with Crippen molar-refractivity contribution in [2.45, 2.75) is 13.5 Å². The molecule has 0 atom stereocenters. The second-order valence-corrected chi connectivity index (χ2v) is 6.49. The number of hydrogen-bond donors (Lipinski definition) is 1. The molecule has 1 aliphatic rings. The molecule has 1 fully saturated rings. The van der Waals surface area contributed by atoms with Crippen LogP contribution in [-0.2, 0) is 6.54 Å². The number of rotatable bonds is 5. The van der Waals surface area contributed by atoms with Gasteiger partial charge in [-0.25, -0.2) is 4.98 Å². The average Bonchev–Trinajstić information content (AvgIpc) is 3.04. The quantitative estimate of drug-likeness (QED) is 0.710. The SMILES string of the molecule is Cc1oc(-c2cccc(Oc3ccccc3)c2)nc1CN1CCNCC1.Cl. The van der Waals surface area contributed by atoms with Crippen LogP contribution < -0.4 is 10.1 Å². The van der Waals surface area contributed by atoms with Gasteiger partial charge in [-0.3, -0.25) is 4.90 Å². The Hall–Kier alpha value is -2.34. The highest BCUT2D eigenvalue weighted by atomic mass is 35.5. The molecule has 1 aliphatic heterocycles. The van der Waals surface area contributed by atoms with Crippen LogP contribution in [0.1, 0.15) is 11.5 Å². The summed E-state index contributed by atoms with van der Waals surface area (Å²) in [6.07, 6.45) is 0. The highest BCUT2D eigenvalue weighted by Gasteiger charge is 2.16. The standard InChI is InChI=1S/C21H23N3O2.ClH/c1-16-20(15-24-12-10-22-11-13-24)23-21(25-16)17-6-5-9-19(14-17)26-18-7-3-2-4-8-18;/h2-9,14,22H,10-13,15H2,1H3;1H. The molecule has 0 radical (unpaired) electrons. The van der Waals surface area contributed by atoms with Crippen molar-refractivity contribution in [3.63, 3.8) is 0 Å². The predicted molar refractivity (Wildman–Crippen MR) is 109 cm³/mol. The zero-order valence-electron chi connectivity index (χ0n) is 15.4. The maximum atomic E-state index is 5.94. The van der Waals surface area contributed by atoms with Crippen LogP contribution in [0.5, 0.6) is 11.5 Å². The van der Waals surface area contributed by atoms with Gasteiger partial charge in [0.05, 0.1) is 5.69 Å². The molecule has 0 aliphatic carbocycles. The number of aromatic nitrogens is 1. The summed E-state index contributed by atoms with van der Waals surface area (Å²) in [4.78, 5) is 7.14. The van der Waals surface area contributed by atoms with Crippen molar-refractivity contribution in [2.75, 3.05) is 26.2 Å². The summed E-state index contributed by atoms with van der Waals surface area (Å²) in [5.74, 6) is 3.11. The Kier molecular flexibility index (Phi) is 6.50. The molecule has 1 aromatic heterocycles. The zero-order valence-corrected chi connectivity index (χ0v) is 16.2. The third kappa shape index (κ3) is 4.89. The first kappa shape index (κ1) is 19.4. The van der Waals surface area contributed by atoms with Crippen LogP contribution in [-0.4, -0.2) is 36.1 Å². The van der Waals surface area contributed by atoms with E-state index in [9.17, 15) is 0 Å². The lowest BCUT2D eigenvalue weighted by atomic mass is 10.2. The van der Waals surface area contributed by atoms with E-state index in [0.29, 0.717) is 5.89 Å². The van der Waals surface area contributed by atoms with Gasteiger partial charge in [0.15, 0.2) is 0 Å². The van der Waals surface area contributed by atoms with Crippen molar-refractivity contribution >= 4 is 12.4 Å². The molecule has 5 nitrogen and oxygen atoms in total. The average molecular weight is 386 g/mol. The van der Waals surface area contributed by atoms with E-state index in [4.69, 9.17) is 14.1 Å². The minimum Gasteiger partial charge on any atom is -0.457 e. The van der Waals surface area contributed by atoms with E-state index in [1.807, 2.05) is 61.5 Å².